The van der Waals surface area contributed by atoms with Crippen molar-refractivity contribution in [3.05, 3.63) is 0 Å². The first-order valence-electron chi connectivity index (χ1n) is 7.94. The summed E-state index contributed by atoms with van der Waals surface area (Å²) < 4.78 is 23.9. The van der Waals surface area contributed by atoms with Gasteiger partial charge in [0.05, 0.1) is 12.0 Å². The zero-order valence-electron chi connectivity index (χ0n) is 13.4. The molecule has 0 aromatic heterocycles. The first-order valence-corrected chi connectivity index (χ1v) is 7.94. The summed E-state index contributed by atoms with van der Waals surface area (Å²) in [5, 5.41) is 0. The van der Waals surface area contributed by atoms with E-state index >= 15 is 0 Å². The maximum atomic E-state index is 12.5. The predicted molar refractivity (Wildman–Crippen MR) is 73.9 cm³/mol. The van der Waals surface area contributed by atoms with Crippen molar-refractivity contribution in [1.29, 1.82) is 0 Å². The highest BCUT2D eigenvalue weighted by Crippen LogP contribution is 2.58. The van der Waals surface area contributed by atoms with Crippen LogP contribution in [0.15, 0.2) is 0 Å². The molecule has 4 aliphatic rings. The Bertz CT molecular complexity index is 553. The smallest absolute Gasteiger partial charge is 0.309 e. The SMILES string of the molecule is CC1(C)O[C@@H]2C(=O)CC[C@H]3C(C)(C)O[C@@H]4CC(=O)OC43[C@@H]2O1. The molecule has 3 heterocycles. The molecule has 0 amide bonds. The van der Waals surface area contributed by atoms with Gasteiger partial charge in [-0.3, -0.25) is 9.59 Å². The van der Waals surface area contributed by atoms with Gasteiger partial charge in [0.1, 0.15) is 18.3 Å². The van der Waals surface area contributed by atoms with Crippen LogP contribution >= 0.6 is 0 Å². The molecule has 4 rings (SSSR count). The number of ketones is 1. The lowest BCUT2D eigenvalue weighted by molar-refractivity contribution is -0.193. The topological polar surface area (TPSA) is 71.1 Å². The Morgan fingerprint density at radius 2 is 1.77 bits per heavy atom. The molecule has 22 heavy (non-hydrogen) atoms. The average Bonchev–Trinajstić information content (AvgIpc) is 2.89. The van der Waals surface area contributed by atoms with Crippen molar-refractivity contribution >= 4 is 11.8 Å². The molecule has 5 atom stereocenters. The van der Waals surface area contributed by atoms with E-state index in [4.69, 9.17) is 18.9 Å². The van der Waals surface area contributed by atoms with E-state index in [9.17, 15) is 9.59 Å². The summed E-state index contributed by atoms with van der Waals surface area (Å²) in [5.41, 5.74) is -1.37. The van der Waals surface area contributed by atoms with Crippen LogP contribution in [0.25, 0.3) is 0 Å². The zero-order chi connectivity index (χ0) is 15.9. The largest absolute Gasteiger partial charge is 0.453 e. The Labute approximate surface area is 129 Å². The van der Waals surface area contributed by atoms with E-state index in [0.717, 1.165) is 0 Å². The number of carbonyl (C=O) groups excluding carboxylic acids is 2. The van der Waals surface area contributed by atoms with Gasteiger partial charge in [-0.05, 0) is 34.1 Å². The van der Waals surface area contributed by atoms with Gasteiger partial charge in [-0.1, -0.05) is 0 Å². The number of ether oxygens (including phenoxy) is 4. The highest BCUT2D eigenvalue weighted by atomic mass is 16.8. The third-order valence-electron chi connectivity index (χ3n) is 5.51. The van der Waals surface area contributed by atoms with Crippen molar-refractivity contribution in [2.24, 2.45) is 5.92 Å². The Hall–Kier alpha value is -0.980. The van der Waals surface area contributed by atoms with Crippen molar-refractivity contribution in [3.63, 3.8) is 0 Å². The molecule has 0 N–H and O–H groups in total. The molecule has 3 aliphatic heterocycles. The lowest BCUT2D eigenvalue weighted by Crippen LogP contribution is -2.57. The average molecular weight is 310 g/mol. The molecule has 0 radical (unpaired) electrons. The minimum atomic E-state index is -0.912. The number of fused-ring (bicyclic) bond motifs is 1. The van der Waals surface area contributed by atoms with Crippen LogP contribution in [0.3, 0.4) is 0 Å². The predicted octanol–water partition coefficient (Wildman–Crippen LogP) is 1.35. The van der Waals surface area contributed by atoms with Crippen molar-refractivity contribution in [2.45, 2.75) is 82.3 Å². The lowest BCUT2D eigenvalue weighted by atomic mass is 9.73. The van der Waals surface area contributed by atoms with Gasteiger partial charge in [0, 0.05) is 12.3 Å². The maximum Gasteiger partial charge on any atom is 0.309 e. The number of hydrogen-bond acceptors (Lipinski definition) is 6. The van der Waals surface area contributed by atoms with Crippen LogP contribution in [0.2, 0.25) is 0 Å². The van der Waals surface area contributed by atoms with E-state index in [2.05, 4.69) is 0 Å². The molecule has 0 bridgehead atoms. The molecule has 4 fully saturated rings. The molecule has 3 saturated heterocycles. The van der Waals surface area contributed by atoms with E-state index in [1.54, 1.807) is 13.8 Å². The first kappa shape index (κ1) is 14.6. The fraction of sp³-hybridized carbons (Fsp3) is 0.875. The van der Waals surface area contributed by atoms with Gasteiger partial charge in [0.25, 0.3) is 0 Å². The highest BCUT2D eigenvalue weighted by molar-refractivity contribution is 5.85. The van der Waals surface area contributed by atoms with Crippen LogP contribution in [0, 0.1) is 5.92 Å². The molecular formula is C16H22O6. The normalized spacial score (nSPS) is 48.4. The third kappa shape index (κ3) is 1.71. The summed E-state index contributed by atoms with van der Waals surface area (Å²) in [7, 11) is 0. The van der Waals surface area contributed by atoms with Gasteiger partial charge in [0.2, 0.25) is 0 Å². The lowest BCUT2D eigenvalue weighted by Gasteiger charge is -2.38. The highest BCUT2D eigenvalue weighted by Gasteiger charge is 2.74. The maximum absolute atomic E-state index is 12.5. The number of Topliss-reactive ketones (excluding diaryl/α,β-unsaturated/α-hetero) is 1. The Morgan fingerprint density at radius 3 is 2.50 bits per heavy atom. The number of esters is 1. The zero-order valence-corrected chi connectivity index (χ0v) is 13.4. The molecule has 0 aromatic carbocycles. The van der Waals surface area contributed by atoms with E-state index in [-0.39, 0.29) is 30.2 Å². The summed E-state index contributed by atoms with van der Waals surface area (Å²) >= 11 is 0. The summed E-state index contributed by atoms with van der Waals surface area (Å²) in [5.74, 6) is -1.20. The van der Waals surface area contributed by atoms with E-state index in [1.807, 2.05) is 13.8 Å². The molecule has 122 valence electrons. The monoisotopic (exact) mass is 310 g/mol. The molecular weight excluding hydrogens is 288 g/mol. The fourth-order valence-corrected chi connectivity index (χ4v) is 4.80. The fourth-order valence-electron chi connectivity index (χ4n) is 4.80. The van der Waals surface area contributed by atoms with E-state index < -0.39 is 29.2 Å². The molecule has 1 spiro atoms. The summed E-state index contributed by atoms with van der Waals surface area (Å²) in [6.07, 6.45) is -0.441. The summed E-state index contributed by atoms with van der Waals surface area (Å²) in [4.78, 5) is 24.5. The molecule has 6 nitrogen and oxygen atoms in total. The molecule has 1 aliphatic carbocycles. The van der Waals surface area contributed by atoms with Crippen LogP contribution in [0.5, 0.6) is 0 Å². The van der Waals surface area contributed by atoms with Gasteiger partial charge in [0.15, 0.2) is 17.2 Å². The minimum Gasteiger partial charge on any atom is -0.453 e. The first-order chi connectivity index (χ1) is 10.2. The van der Waals surface area contributed by atoms with Crippen LogP contribution in [-0.4, -0.2) is 47.1 Å². The third-order valence-corrected chi connectivity index (χ3v) is 5.51. The van der Waals surface area contributed by atoms with Gasteiger partial charge in [-0.25, -0.2) is 0 Å². The molecule has 6 heteroatoms. The quantitative estimate of drug-likeness (QED) is 0.629. The van der Waals surface area contributed by atoms with Gasteiger partial charge in [-0.15, -0.1) is 0 Å². The van der Waals surface area contributed by atoms with Gasteiger partial charge >= 0.3 is 5.97 Å². The second-order valence-electron chi connectivity index (χ2n) is 7.78. The second kappa shape index (κ2) is 4.10. The second-order valence-corrected chi connectivity index (χ2v) is 7.78. The van der Waals surface area contributed by atoms with Gasteiger partial charge in [-0.2, -0.15) is 0 Å². The van der Waals surface area contributed by atoms with Crippen LogP contribution < -0.4 is 0 Å². The van der Waals surface area contributed by atoms with Crippen LogP contribution in [0.4, 0.5) is 0 Å². The van der Waals surface area contributed by atoms with Gasteiger partial charge < -0.3 is 18.9 Å². The van der Waals surface area contributed by atoms with Crippen LogP contribution in [-0.2, 0) is 28.5 Å². The molecule has 1 unspecified atom stereocenters. The Morgan fingerprint density at radius 1 is 1.05 bits per heavy atom. The number of rotatable bonds is 0. The summed E-state index contributed by atoms with van der Waals surface area (Å²) in [6.45, 7) is 7.56. The number of carbonyl (C=O) groups is 2. The van der Waals surface area contributed by atoms with E-state index in [0.29, 0.717) is 12.8 Å². The standard InChI is InChI=1S/C16H22O6/c1-14(2)9-6-5-8(17)12-13(22-15(3,4)21-12)16(9)10(19-14)7-11(18)20-16/h9-10,12-13H,5-7H2,1-4H3/t9-,10+,12+,13+,16?/m0/s1. The van der Waals surface area contributed by atoms with Crippen LogP contribution in [0.1, 0.15) is 47.0 Å². The summed E-state index contributed by atoms with van der Waals surface area (Å²) in [6, 6.07) is 0. The van der Waals surface area contributed by atoms with Crippen molar-refractivity contribution < 1.29 is 28.5 Å². The van der Waals surface area contributed by atoms with Crippen molar-refractivity contribution in [3.8, 4) is 0 Å². The van der Waals surface area contributed by atoms with Crippen molar-refractivity contribution in [2.75, 3.05) is 0 Å². The Balaban J connectivity index is 1.85. The van der Waals surface area contributed by atoms with E-state index in [1.165, 1.54) is 0 Å². The molecule has 0 aromatic rings. The molecule has 1 saturated carbocycles. The minimum absolute atomic E-state index is 0.0249. The Kier molecular flexibility index (Phi) is 2.72. The van der Waals surface area contributed by atoms with Crippen molar-refractivity contribution in [1.82, 2.24) is 0 Å². The number of hydrogen-bond donors (Lipinski definition) is 0.